The average molecular weight is 487 g/mol. The summed E-state index contributed by atoms with van der Waals surface area (Å²) in [6, 6.07) is 12.5. The number of ether oxygens (including phenoxy) is 1. The number of aromatic nitrogens is 3. The molecule has 3 aromatic heterocycles. The topological polar surface area (TPSA) is 75.0 Å². The van der Waals surface area contributed by atoms with Crippen molar-refractivity contribution in [2.24, 2.45) is 0 Å². The molecule has 1 aliphatic heterocycles. The van der Waals surface area contributed by atoms with Gasteiger partial charge in [-0.05, 0) is 50.7 Å². The fraction of sp³-hybridized carbons (Fsp3) is 0.296. The number of halogens is 1. The van der Waals surface area contributed by atoms with Gasteiger partial charge in [0.1, 0.15) is 23.1 Å². The zero-order valence-corrected chi connectivity index (χ0v) is 20.5. The molecule has 1 fully saturated rings. The Hall–Kier alpha value is -3.82. The Kier molecular flexibility index (Phi) is 5.27. The predicted octanol–water partition coefficient (Wildman–Crippen LogP) is 4.47. The molecular weight excluding hydrogens is 459 g/mol. The highest BCUT2D eigenvalue weighted by Crippen LogP contribution is 2.50. The number of pyridine rings is 2. The van der Waals surface area contributed by atoms with Gasteiger partial charge in [-0.3, -0.25) is 14.1 Å². The third-order valence-electron chi connectivity index (χ3n) is 6.96. The van der Waals surface area contributed by atoms with Crippen LogP contribution in [-0.2, 0) is 23.4 Å². The Morgan fingerprint density at radius 3 is 2.78 bits per heavy atom. The molecule has 0 atom stereocenters. The summed E-state index contributed by atoms with van der Waals surface area (Å²) in [5, 5.41) is 3.39. The fourth-order valence-corrected chi connectivity index (χ4v) is 5.03. The number of nitrogens with zero attached hydrogens (tertiary/aromatic N) is 5. The van der Waals surface area contributed by atoms with Gasteiger partial charge in [0.15, 0.2) is 0 Å². The molecule has 0 spiro atoms. The van der Waals surface area contributed by atoms with Crippen molar-refractivity contribution in [3.05, 3.63) is 83.1 Å². The van der Waals surface area contributed by atoms with E-state index in [1.54, 1.807) is 28.8 Å². The molecule has 4 aromatic rings. The molecule has 1 N–H and O–H groups in total. The summed E-state index contributed by atoms with van der Waals surface area (Å²) in [6.45, 7) is 1.09. The number of anilines is 3. The molecule has 9 heteroatoms. The minimum atomic E-state index is -0.368. The maximum atomic E-state index is 13.6. The number of rotatable bonds is 7. The van der Waals surface area contributed by atoms with E-state index in [0.717, 1.165) is 29.7 Å². The van der Waals surface area contributed by atoms with E-state index in [9.17, 15) is 9.18 Å². The number of fused-ring (bicyclic) bond motifs is 2. The standard InChI is InChI=1S/C27H27FN6O2/c1-32(2)16-21-19(27(36-3)10-11-27)7-8-22(31-21)30-20-6-4-5-17-15-34(26(35)25(17)20)24-14-29-23-13-18(28)9-12-33(23)24/h4-9,12-14H,10-11,15-16H2,1-3H3,(H,30,31). The number of nitrogens with one attached hydrogen (secondary N) is 1. The summed E-state index contributed by atoms with van der Waals surface area (Å²) in [5.41, 5.74) is 4.50. The van der Waals surface area contributed by atoms with E-state index in [1.165, 1.54) is 12.1 Å². The Balaban J connectivity index is 1.33. The van der Waals surface area contributed by atoms with E-state index in [-0.39, 0.29) is 17.3 Å². The van der Waals surface area contributed by atoms with E-state index >= 15 is 0 Å². The van der Waals surface area contributed by atoms with Crippen LogP contribution in [0.15, 0.2) is 54.9 Å². The molecule has 0 bridgehead atoms. The molecule has 2 aliphatic rings. The van der Waals surface area contributed by atoms with Crippen LogP contribution in [0.1, 0.15) is 40.0 Å². The molecule has 36 heavy (non-hydrogen) atoms. The Morgan fingerprint density at radius 2 is 2.03 bits per heavy atom. The molecule has 6 rings (SSSR count). The molecule has 184 valence electrons. The van der Waals surface area contributed by atoms with Gasteiger partial charge in [-0.15, -0.1) is 0 Å². The summed E-state index contributed by atoms with van der Waals surface area (Å²) < 4.78 is 21.2. The van der Waals surface area contributed by atoms with Crippen LogP contribution < -0.4 is 10.2 Å². The lowest BCUT2D eigenvalue weighted by molar-refractivity contribution is 0.0772. The first-order valence-electron chi connectivity index (χ1n) is 11.9. The van der Waals surface area contributed by atoms with Crippen LogP contribution in [0.2, 0.25) is 0 Å². The van der Waals surface area contributed by atoms with Gasteiger partial charge < -0.3 is 15.0 Å². The number of hydrogen-bond acceptors (Lipinski definition) is 6. The van der Waals surface area contributed by atoms with E-state index in [1.807, 2.05) is 38.4 Å². The van der Waals surface area contributed by atoms with Gasteiger partial charge in [0, 0.05) is 31.5 Å². The maximum Gasteiger partial charge on any atom is 0.262 e. The zero-order valence-electron chi connectivity index (χ0n) is 20.5. The van der Waals surface area contributed by atoms with Crippen molar-refractivity contribution in [2.75, 3.05) is 31.4 Å². The van der Waals surface area contributed by atoms with Gasteiger partial charge in [-0.1, -0.05) is 18.2 Å². The van der Waals surface area contributed by atoms with Gasteiger partial charge in [0.05, 0.1) is 35.3 Å². The molecule has 1 aromatic carbocycles. The van der Waals surface area contributed by atoms with E-state index in [0.29, 0.717) is 41.6 Å². The van der Waals surface area contributed by atoms with Gasteiger partial charge in [0.2, 0.25) is 0 Å². The van der Waals surface area contributed by atoms with Crippen molar-refractivity contribution in [3.8, 4) is 0 Å². The summed E-state index contributed by atoms with van der Waals surface area (Å²) in [7, 11) is 5.79. The first-order chi connectivity index (χ1) is 17.4. The molecule has 0 saturated heterocycles. The van der Waals surface area contributed by atoms with E-state index in [4.69, 9.17) is 9.72 Å². The minimum Gasteiger partial charge on any atom is -0.373 e. The van der Waals surface area contributed by atoms with Gasteiger partial charge >= 0.3 is 0 Å². The summed E-state index contributed by atoms with van der Waals surface area (Å²) in [5.74, 6) is 0.766. The molecule has 4 heterocycles. The molecule has 1 aliphatic carbocycles. The number of methoxy groups -OCH3 is 1. The van der Waals surface area contributed by atoms with Crippen LogP contribution in [0.5, 0.6) is 0 Å². The summed E-state index contributed by atoms with van der Waals surface area (Å²) >= 11 is 0. The summed E-state index contributed by atoms with van der Waals surface area (Å²) in [4.78, 5) is 26.5. The van der Waals surface area contributed by atoms with Crippen molar-refractivity contribution in [2.45, 2.75) is 31.5 Å². The lowest BCUT2D eigenvalue weighted by Crippen LogP contribution is -2.24. The highest BCUT2D eigenvalue weighted by molar-refractivity contribution is 6.13. The second-order valence-corrected chi connectivity index (χ2v) is 9.67. The second-order valence-electron chi connectivity index (χ2n) is 9.67. The molecule has 8 nitrogen and oxygen atoms in total. The molecule has 1 amide bonds. The van der Waals surface area contributed by atoms with Crippen LogP contribution in [0.25, 0.3) is 5.65 Å². The van der Waals surface area contributed by atoms with Crippen LogP contribution in [0.3, 0.4) is 0 Å². The van der Waals surface area contributed by atoms with Crippen LogP contribution >= 0.6 is 0 Å². The van der Waals surface area contributed by atoms with Crippen molar-refractivity contribution in [1.82, 2.24) is 19.3 Å². The van der Waals surface area contributed by atoms with E-state index in [2.05, 4.69) is 21.3 Å². The molecule has 1 saturated carbocycles. The highest BCUT2D eigenvalue weighted by atomic mass is 19.1. The van der Waals surface area contributed by atoms with Crippen molar-refractivity contribution in [3.63, 3.8) is 0 Å². The van der Waals surface area contributed by atoms with Gasteiger partial charge in [-0.25, -0.2) is 14.4 Å². The SMILES string of the molecule is COC1(c2ccc(Nc3cccc4c3C(=O)N(c3cnc5cc(F)ccn35)C4)nc2CN(C)C)CC1. The number of carbonyl (C=O) groups is 1. The van der Waals surface area contributed by atoms with Crippen LogP contribution in [0, 0.1) is 5.82 Å². The smallest absolute Gasteiger partial charge is 0.262 e. The number of imidazole rings is 1. The number of carbonyl (C=O) groups excluding carboxylic acids is 1. The zero-order chi connectivity index (χ0) is 25.0. The quantitative estimate of drug-likeness (QED) is 0.416. The largest absolute Gasteiger partial charge is 0.373 e. The van der Waals surface area contributed by atoms with Crippen LogP contribution in [0.4, 0.5) is 21.7 Å². The Morgan fingerprint density at radius 1 is 1.19 bits per heavy atom. The monoisotopic (exact) mass is 486 g/mol. The van der Waals surface area contributed by atoms with Gasteiger partial charge in [0.25, 0.3) is 5.91 Å². The first kappa shape index (κ1) is 22.6. The normalized spacial score (nSPS) is 16.1. The van der Waals surface area contributed by atoms with Crippen molar-refractivity contribution >= 4 is 28.9 Å². The maximum absolute atomic E-state index is 13.6. The van der Waals surface area contributed by atoms with Crippen molar-refractivity contribution < 1.29 is 13.9 Å². The van der Waals surface area contributed by atoms with Crippen molar-refractivity contribution in [1.29, 1.82) is 0 Å². The summed E-state index contributed by atoms with van der Waals surface area (Å²) in [6.07, 6.45) is 5.17. The number of benzene rings is 1. The van der Waals surface area contributed by atoms with Gasteiger partial charge in [-0.2, -0.15) is 0 Å². The lowest BCUT2D eigenvalue weighted by Gasteiger charge is -2.21. The number of hydrogen-bond donors (Lipinski definition) is 1. The predicted molar refractivity (Wildman–Crippen MR) is 135 cm³/mol. The fourth-order valence-electron chi connectivity index (χ4n) is 5.03. The Bertz CT molecular complexity index is 1490. The molecule has 0 unspecified atom stereocenters. The third kappa shape index (κ3) is 3.71. The minimum absolute atomic E-state index is 0.138. The second kappa shape index (κ2) is 8.39. The van der Waals surface area contributed by atoms with Crippen LogP contribution in [-0.4, -0.2) is 46.4 Å². The van der Waals surface area contributed by atoms with E-state index < -0.39 is 0 Å². The molecular formula is C27H27FN6O2. The first-order valence-corrected chi connectivity index (χ1v) is 11.9. The number of amides is 1. The third-order valence-corrected chi connectivity index (χ3v) is 6.96. The molecule has 0 radical (unpaired) electrons. The highest BCUT2D eigenvalue weighted by Gasteiger charge is 2.46. The Labute approximate surface area is 208 Å². The lowest BCUT2D eigenvalue weighted by atomic mass is 10.0. The average Bonchev–Trinajstić information content (AvgIpc) is 3.43.